The third-order valence-corrected chi connectivity index (χ3v) is 4.13. The maximum absolute atomic E-state index is 2.27. The van der Waals surface area contributed by atoms with Crippen LogP contribution in [0.3, 0.4) is 0 Å². The van der Waals surface area contributed by atoms with Crippen molar-refractivity contribution in [2.45, 2.75) is 40.5 Å². The van der Waals surface area contributed by atoms with Crippen LogP contribution < -0.4 is 0 Å². The lowest BCUT2D eigenvalue weighted by atomic mass is 9.97. The van der Waals surface area contributed by atoms with E-state index in [0.29, 0.717) is 11.8 Å². The normalized spacial score (nSPS) is 12.2. The van der Waals surface area contributed by atoms with Crippen LogP contribution in [0.25, 0.3) is 17.2 Å². The molecule has 0 heteroatoms. The van der Waals surface area contributed by atoms with Crippen molar-refractivity contribution in [1.82, 2.24) is 0 Å². The van der Waals surface area contributed by atoms with Crippen LogP contribution in [0, 0.1) is 5.92 Å². The summed E-state index contributed by atoms with van der Waals surface area (Å²) < 4.78 is 0. The molecule has 110 valence electrons. The van der Waals surface area contributed by atoms with E-state index in [2.05, 4.69) is 89.2 Å². The van der Waals surface area contributed by atoms with Gasteiger partial charge in [-0.2, -0.15) is 0 Å². The summed E-state index contributed by atoms with van der Waals surface area (Å²) in [5.74, 6) is 1.19. The van der Waals surface area contributed by atoms with Crippen molar-refractivity contribution < 1.29 is 0 Å². The molecule has 0 amide bonds. The van der Waals surface area contributed by atoms with E-state index in [-0.39, 0.29) is 0 Å². The van der Waals surface area contributed by atoms with E-state index >= 15 is 0 Å². The predicted octanol–water partition coefficient (Wildman–Crippen LogP) is 6.54. The Hall–Kier alpha value is -1.82. The van der Waals surface area contributed by atoms with Gasteiger partial charge in [-0.25, -0.2) is 0 Å². The molecule has 0 radical (unpaired) electrons. The molecule has 0 aliphatic heterocycles. The summed E-state index contributed by atoms with van der Waals surface area (Å²) in [6.07, 6.45) is 2.27. The van der Waals surface area contributed by atoms with Gasteiger partial charge in [0.1, 0.15) is 0 Å². The van der Waals surface area contributed by atoms with Crippen LogP contribution >= 0.6 is 0 Å². The minimum atomic E-state index is 0.588. The van der Waals surface area contributed by atoms with E-state index in [9.17, 15) is 0 Å². The molecule has 0 saturated heterocycles. The van der Waals surface area contributed by atoms with Gasteiger partial charge in [-0.3, -0.25) is 0 Å². The average molecular weight is 278 g/mol. The van der Waals surface area contributed by atoms with Gasteiger partial charge in [-0.15, -0.1) is 0 Å². The van der Waals surface area contributed by atoms with Gasteiger partial charge in [0.25, 0.3) is 0 Å². The van der Waals surface area contributed by atoms with Crippen molar-refractivity contribution in [3.05, 3.63) is 65.2 Å². The minimum absolute atomic E-state index is 0.588. The Morgan fingerprint density at radius 3 is 1.67 bits per heavy atom. The Morgan fingerprint density at radius 1 is 0.762 bits per heavy atom. The highest BCUT2D eigenvalue weighted by atomic mass is 14.1. The van der Waals surface area contributed by atoms with Gasteiger partial charge in [0.2, 0.25) is 0 Å². The molecule has 0 fully saturated rings. The molecular formula is C21H26. The standard InChI is InChI=1S/C21H26/c1-15(2)17(5)14-18-6-8-20(9-7-18)21-12-10-19(11-13-21)16(3)4/h6-16H,1-5H3/b17-14+. The fraction of sp³-hybridized carbons (Fsp3) is 0.333. The highest BCUT2D eigenvalue weighted by molar-refractivity contribution is 5.66. The number of hydrogen-bond donors (Lipinski definition) is 0. The zero-order chi connectivity index (χ0) is 15.4. The molecule has 2 aromatic rings. The van der Waals surface area contributed by atoms with Gasteiger partial charge in [0.05, 0.1) is 0 Å². The lowest BCUT2D eigenvalue weighted by molar-refractivity contribution is 0.776. The second kappa shape index (κ2) is 6.76. The van der Waals surface area contributed by atoms with Crippen LogP contribution in [-0.2, 0) is 0 Å². The highest BCUT2D eigenvalue weighted by Gasteiger charge is 2.02. The van der Waals surface area contributed by atoms with Crippen molar-refractivity contribution in [2.24, 2.45) is 5.92 Å². The van der Waals surface area contributed by atoms with E-state index < -0.39 is 0 Å². The van der Waals surface area contributed by atoms with Gasteiger partial charge < -0.3 is 0 Å². The van der Waals surface area contributed by atoms with E-state index in [1.54, 1.807) is 0 Å². The molecule has 0 unspecified atom stereocenters. The third-order valence-electron chi connectivity index (χ3n) is 4.13. The van der Waals surface area contributed by atoms with Crippen molar-refractivity contribution in [3.8, 4) is 11.1 Å². The fourth-order valence-electron chi connectivity index (χ4n) is 2.26. The molecule has 0 bridgehead atoms. The van der Waals surface area contributed by atoms with Gasteiger partial charge >= 0.3 is 0 Å². The second-order valence-corrected chi connectivity index (χ2v) is 6.44. The molecular weight excluding hydrogens is 252 g/mol. The molecule has 0 saturated carbocycles. The zero-order valence-electron chi connectivity index (χ0n) is 13.9. The summed E-state index contributed by atoms with van der Waals surface area (Å²) >= 11 is 0. The predicted molar refractivity (Wildman–Crippen MR) is 94.5 cm³/mol. The molecule has 2 rings (SSSR count). The molecule has 0 spiro atoms. The Kier molecular flexibility index (Phi) is 5.01. The van der Waals surface area contributed by atoms with Crippen LogP contribution in [0.15, 0.2) is 54.1 Å². The average Bonchev–Trinajstić information content (AvgIpc) is 2.48. The second-order valence-electron chi connectivity index (χ2n) is 6.44. The van der Waals surface area contributed by atoms with E-state index in [0.717, 1.165) is 0 Å². The first kappa shape index (κ1) is 15.6. The van der Waals surface area contributed by atoms with E-state index in [4.69, 9.17) is 0 Å². The lowest BCUT2D eigenvalue weighted by Gasteiger charge is -2.08. The van der Waals surface area contributed by atoms with Gasteiger partial charge in [0.15, 0.2) is 0 Å². The molecule has 0 aliphatic carbocycles. The number of allylic oxidation sites excluding steroid dienone is 1. The number of benzene rings is 2. The molecule has 21 heavy (non-hydrogen) atoms. The van der Waals surface area contributed by atoms with Gasteiger partial charge in [-0.05, 0) is 41.0 Å². The smallest absolute Gasteiger partial charge is 0.0184 e. The topological polar surface area (TPSA) is 0 Å². The maximum atomic E-state index is 2.27. The number of hydrogen-bond acceptors (Lipinski definition) is 0. The summed E-state index contributed by atoms with van der Waals surface area (Å²) in [5.41, 5.74) is 6.67. The monoisotopic (exact) mass is 278 g/mol. The lowest BCUT2D eigenvalue weighted by Crippen LogP contribution is -1.88. The van der Waals surface area contributed by atoms with Crippen molar-refractivity contribution in [3.63, 3.8) is 0 Å². The zero-order valence-corrected chi connectivity index (χ0v) is 13.9. The Labute approximate surface area is 129 Å². The van der Waals surface area contributed by atoms with Crippen molar-refractivity contribution in [1.29, 1.82) is 0 Å². The van der Waals surface area contributed by atoms with Gasteiger partial charge in [0, 0.05) is 0 Å². The molecule has 0 nitrogen and oxygen atoms in total. The molecule has 0 atom stereocenters. The first-order valence-corrected chi connectivity index (χ1v) is 7.86. The van der Waals surface area contributed by atoms with Gasteiger partial charge in [-0.1, -0.05) is 87.9 Å². The van der Waals surface area contributed by atoms with Crippen molar-refractivity contribution in [2.75, 3.05) is 0 Å². The molecule has 0 heterocycles. The summed E-state index contributed by atoms with van der Waals surface area (Å²) in [5, 5.41) is 0. The highest BCUT2D eigenvalue weighted by Crippen LogP contribution is 2.24. The fourth-order valence-corrected chi connectivity index (χ4v) is 2.26. The Balaban J connectivity index is 2.21. The number of rotatable bonds is 4. The van der Waals surface area contributed by atoms with Crippen molar-refractivity contribution >= 4 is 6.08 Å². The van der Waals surface area contributed by atoms with Crippen LogP contribution in [0.5, 0.6) is 0 Å². The first-order valence-electron chi connectivity index (χ1n) is 7.86. The quantitative estimate of drug-likeness (QED) is 0.596. The molecule has 2 aromatic carbocycles. The molecule has 0 aliphatic rings. The SMILES string of the molecule is C/C(=C\c1ccc(-c2ccc(C(C)C)cc2)cc1)C(C)C. The van der Waals surface area contributed by atoms with E-state index in [1.807, 2.05) is 0 Å². The van der Waals surface area contributed by atoms with E-state index in [1.165, 1.54) is 27.8 Å². The Bertz CT molecular complexity index is 595. The largest absolute Gasteiger partial charge is 0.0702 e. The molecule has 0 aromatic heterocycles. The summed E-state index contributed by atoms with van der Waals surface area (Å²) in [6, 6.07) is 17.7. The summed E-state index contributed by atoms with van der Waals surface area (Å²) in [6.45, 7) is 11.1. The maximum Gasteiger partial charge on any atom is -0.0184 e. The van der Waals surface area contributed by atoms with Crippen LogP contribution in [0.1, 0.15) is 51.7 Å². The Morgan fingerprint density at radius 2 is 1.24 bits per heavy atom. The minimum Gasteiger partial charge on any atom is -0.0702 e. The summed E-state index contributed by atoms with van der Waals surface area (Å²) in [7, 11) is 0. The van der Waals surface area contributed by atoms with Crippen LogP contribution in [0.2, 0.25) is 0 Å². The molecule has 0 N–H and O–H groups in total. The third kappa shape index (κ3) is 4.07. The van der Waals surface area contributed by atoms with Crippen LogP contribution in [0.4, 0.5) is 0 Å². The first-order chi connectivity index (χ1) is 9.97. The summed E-state index contributed by atoms with van der Waals surface area (Å²) in [4.78, 5) is 0. The van der Waals surface area contributed by atoms with Crippen LogP contribution in [-0.4, -0.2) is 0 Å².